The van der Waals surface area contributed by atoms with Gasteiger partial charge in [0.15, 0.2) is 0 Å². The van der Waals surface area contributed by atoms with Crippen molar-refractivity contribution in [3.63, 3.8) is 0 Å². The Balaban J connectivity index is 1.64. The maximum Gasteiger partial charge on any atom is 0.345 e. The number of aliphatic hydroxyl groups is 6. The van der Waals surface area contributed by atoms with Gasteiger partial charge in [-0.05, 0) is 11.6 Å². The van der Waals surface area contributed by atoms with E-state index in [1.165, 1.54) is 6.08 Å². The third-order valence-corrected chi connectivity index (χ3v) is 5.70. The van der Waals surface area contributed by atoms with Gasteiger partial charge in [-0.15, -0.1) is 0 Å². The van der Waals surface area contributed by atoms with E-state index in [9.17, 15) is 40.2 Å². The van der Waals surface area contributed by atoms with Gasteiger partial charge in [0, 0.05) is 0 Å². The number of hydrogen-bond donors (Lipinski definition) is 6. The summed E-state index contributed by atoms with van der Waals surface area (Å²) in [5.74, 6) is -2.32. The molecular formula is C24H30O12. The second kappa shape index (κ2) is 13.0. The molecular weight excluding hydrogens is 480 g/mol. The lowest BCUT2D eigenvalue weighted by Gasteiger charge is -2.21. The first-order valence-electron chi connectivity index (χ1n) is 11.3. The molecule has 2 aliphatic heterocycles. The lowest BCUT2D eigenvalue weighted by Crippen LogP contribution is -2.42. The fraction of sp³-hybridized carbons (Fsp3) is 0.500. The minimum atomic E-state index is -1.48. The van der Waals surface area contributed by atoms with Crippen molar-refractivity contribution in [2.45, 2.75) is 48.8 Å². The van der Waals surface area contributed by atoms with Crippen molar-refractivity contribution in [2.24, 2.45) is 0 Å². The Hall–Kier alpha value is -2.68. The Labute approximate surface area is 206 Å². The van der Waals surface area contributed by atoms with E-state index >= 15 is 0 Å². The molecule has 1 aromatic carbocycles. The number of aliphatic hydroxyl groups excluding tert-OH is 6. The summed E-state index contributed by atoms with van der Waals surface area (Å²) in [6.07, 6.45) is -6.32. The molecule has 8 unspecified atom stereocenters. The van der Waals surface area contributed by atoms with Gasteiger partial charge in [0.2, 0.25) is 0 Å². The molecule has 6 N–H and O–H groups in total. The molecule has 8 atom stereocenters. The van der Waals surface area contributed by atoms with E-state index in [2.05, 4.69) is 0 Å². The van der Waals surface area contributed by atoms with Crippen LogP contribution in [0.4, 0.5) is 0 Å². The van der Waals surface area contributed by atoms with Gasteiger partial charge in [0.25, 0.3) is 0 Å². The van der Waals surface area contributed by atoms with Crippen LogP contribution in [0.3, 0.4) is 0 Å². The maximum atomic E-state index is 12.6. The molecule has 0 amide bonds. The van der Waals surface area contributed by atoms with Crippen LogP contribution in [-0.2, 0) is 28.5 Å². The van der Waals surface area contributed by atoms with Crippen LogP contribution in [0.2, 0.25) is 0 Å². The summed E-state index contributed by atoms with van der Waals surface area (Å²) in [6.45, 7) is -1.69. The fourth-order valence-electron chi connectivity index (χ4n) is 3.64. The van der Waals surface area contributed by atoms with Crippen molar-refractivity contribution >= 4 is 18.0 Å². The van der Waals surface area contributed by atoms with Gasteiger partial charge in [-0.1, -0.05) is 42.5 Å². The van der Waals surface area contributed by atoms with Crippen molar-refractivity contribution in [1.29, 1.82) is 0 Å². The van der Waals surface area contributed by atoms with Gasteiger partial charge in [0.1, 0.15) is 67.6 Å². The third-order valence-electron chi connectivity index (χ3n) is 5.70. The van der Waals surface area contributed by atoms with Crippen LogP contribution in [0.25, 0.3) is 6.08 Å². The maximum absolute atomic E-state index is 12.6. The number of rotatable bonds is 10. The number of esters is 2. The molecule has 12 heteroatoms. The van der Waals surface area contributed by atoms with Gasteiger partial charge in [-0.2, -0.15) is 0 Å². The Kier molecular flexibility index (Phi) is 10.1. The highest BCUT2D eigenvalue weighted by Gasteiger charge is 2.41. The van der Waals surface area contributed by atoms with Gasteiger partial charge in [-0.3, -0.25) is 0 Å². The standard InChI is InChI=1S/C24H30O12/c25-15-9-33-21(19(15)29)17(27)11-35-23(31)14(8-4-7-13-5-2-1-3-6-13)24(32)36-12-18(28)22-20(30)16(26)10-34-22/h1-8,15-22,25-30H,9-12H2/b7-4+,14-8?. The van der Waals surface area contributed by atoms with E-state index in [0.29, 0.717) is 0 Å². The van der Waals surface area contributed by atoms with Crippen LogP contribution >= 0.6 is 0 Å². The van der Waals surface area contributed by atoms with Crippen LogP contribution in [0.15, 0.2) is 48.1 Å². The second-order valence-electron chi connectivity index (χ2n) is 8.39. The molecule has 36 heavy (non-hydrogen) atoms. The highest BCUT2D eigenvalue weighted by Crippen LogP contribution is 2.19. The van der Waals surface area contributed by atoms with Gasteiger partial charge >= 0.3 is 11.9 Å². The van der Waals surface area contributed by atoms with E-state index in [4.69, 9.17) is 18.9 Å². The number of carbonyl (C=O) groups excluding carboxylic acids is 2. The smallest absolute Gasteiger partial charge is 0.345 e. The summed E-state index contributed by atoms with van der Waals surface area (Å²) in [6, 6.07) is 8.98. The Bertz CT molecular complexity index is 884. The zero-order valence-corrected chi connectivity index (χ0v) is 19.2. The van der Waals surface area contributed by atoms with Gasteiger partial charge in [-0.25, -0.2) is 9.59 Å². The fourth-order valence-corrected chi connectivity index (χ4v) is 3.64. The van der Waals surface area contributed by atoms with Crippen LogP contribution < -0.4 is 0 Å². The molecule has 2 aliphatic rings. The molecule has 2 fully saturated rings. The normalized spacial score (nSPS) is 29.6. The van der Waals surface area contributed by atoms with E-state index in [0.717, 1.165) is 11.6 Å². The predicted octanol–water partition coefficient (Wildman–Crippen LogP) is -2.32. The number of allylic oxidation sites excluding steroid dienone is 2. The van der Waals surface area contributed by atoms with Crippen molar-refractivity contribution in [3.05, 3.63) is 53.6 Å². The monoisotopic (exact) mass is 510 g/mol. The molecule has 0 radical (unpaired) electrons. The second-order valence-corrected chi connectivity index (χ2v) is 8.39. The first-order chi connectivity index (χ1) is 17.2. The van der Waals surface area contributed by atoms with Crippen LogP contribution in [0.1, 0.15) is 5.56 Å². The summed E-state index contributed by atoms with van der Waals surface area (Å²) in [5.41, 5.74) is 0.208. The third kappa shape index (κ3) is 7.18. The van der Waals surface area contributed by atoms with E-state index < -0.39 is 79.6 Å². The first kappa shape index (κ1) is 27.9. The van der Waals surface area contributed by atoms with E-state index in [-0.39, 0.29) is 13.2 Å². The molecule has 1 aromatic rings. The lowest BCUT2D eigenvalue weighted by molar-refractivity contribution is -0.154. The summed E-state index contributed by atoms with van der Waals surface area (Å²) < 4.78 is 20.2. The molecule has 0 spiro atoms. The molecule has 3 rings (SSSR count). The molecule has 2 saturated heterocycles. The summed E-state index contributed by atoms with van der Waals surface area (Å²) in [5, 5.41) is 59.0. The van der Waals surface area contributed by atoms with Crippen molar-refractivity contribution in [2.75, 3.05) is 26.4 Å². The Morgan fingerprint density at radius 2 is 1.33 bits per heavy atom. The number of ether oxygens (including phenoxy) is 4. The summed E-state index contributed by atoms with van der Waals surface area (Å²) in [4.78, 5) is 25.3. The average molecular weight is 510 g/mol. The first-order valence-corrected chi connectivity index (χ1v) is 11.3. The van der Waals surface area contributed by atoms with Crippen LogP contribution in [0, 0.1) is 0 Å². The SMILES string of the molecule is O=C(OCC(O)C1OCC(O)C1O)C(=C/C=C/c1ccccc1)C(=O)OCC(O)C1OCC(O)C1O. The highest BCUT2D eigenvalue weighted by molar-refractivity contribution is 6.14. The minimum absolute atomic E-state index is 0.197. The minimum Gasteiger partial charge on any atom is -0.459 e. The van der Waals surface area contributed by atoms with E-state index in [1.807, 2.05) is 6.07 Å². The summed E-state index contributed by atoms with van der Waals surface area (Å²) in [7, 11) is 0. The number of carbonyl (C=O) groups is 2. The van der Waals surface area contributed by atoms with Gasteiger partial charge in [0.05, 0.1) is 13.2 Å². The van der Waals surface area contributed by atoms with Crippen molar-refractivity contribution in [1.82, 2.24) is 0 Å². The molecule has 0 aliphatic carbocycles. The molecule has 0 saturated carbocycles. The molecule has 0 aromatic heterocycles. The highest BCUT2D eigenvalue weighted by atomic mass is 16.6. The Morgan fingerprint density at radius 1 is 0.861 bits per heavy atom. The molecule has 12 nitrogen and oxygen atoms in total. The quantitative estimate of drug-likeness (QED) is 0.0648. The lowest BCUT2D eigenvalue weighted by atomic mass is 10.1. The topological polar surface area (TPSA) is 192 Å². The number of hydrogen-bond acceptors (Lipinski definition) is 12. The van der Waals surface area contributed by atoms with Crippen LogP contribution in [0.5, 0.6) is 0 Å². The van der Waals surface area contributed by atoms with Crippen LogP contribution in [-0.4, -0.2) is 118 Å². The van der Waals surface area contributed by atoms with E-state index in [1.54, 1.807) is 30.3 Å². The Morgan fingerprint density at radius 3 is 1.75 bits per heavy atom. The molecule has 2 heterocycles. The summed E-state index contributed by atoms with van der Waals surface area (Å²) >= 11 is 0. The molecule has 0 bridgehead atoms. The largest absolute Gasteiger partial charge is 0.459 e. The average Bonchev–Trinajstić information content (AvgIpc) is 3.39. The van der Waals surface area contributed by atoms with Crippen molar-refractivity contribution < 1.29 is 59.2 Å². The number of benzene rings is 1. The predicted molar refractivity (Wildman–Crippen MR) is 121 cm³/mol. The van der Waals surface area contributed by atoms with Crippen molar-refractivity contribution in [3.8, 4) is 0 Å². The molecule has 198 valence electrons. The zero-order valence-electron chi connectivity index (χ0n) is 19.2. The zero-order chi connectivity index (χ0) is 26.2. The van der Waals surface area contributed by atoms with Gasteiger partial charge < -0.3 is 49.6 Å².